The molecule has 2 atom stereocenters. The van der Waals surface area contributed by atoms with Crippen LogP contribution in [-0.4, -0.2) is 12.6 Å². The summed E-state index contributed by atoms with van der Waals surface area (Å²) in [6, 6.07) is 12.9. The molecule has 2 aromatic rings. The average Bonchev–Trinajstić information content (AvgIpc) is 2.96. The predicted octanol–water partition coefficient (Wildman–Crippen LogP) is 3.90. The molecule has 0 spiro atoms. The van der Waals surface area contributed by atoms with Gasteiger partial charge in [0.2, 0.25) is 0 Å². The van der Waals surface area contributed by atoms with Crippen molar-refractivity contribution in [2.45, 2.75) is 44.7 Å². The number of benzene rings is 1. The van der Waals surface area contributed by atoms with E-state index >= 15 is 0 Å². The molecule has 1 aliphatic rings. The summed E-state index contributed by atoms with van der Waals surface area (Å²) >= 11 is 0. The predicted molar refractivity (Wildman–Crippen MR) is 86.4 cm³/mol. The molecule has 2 N–H and O–H groups in total. The smallest absolute Gasteiger partial charge is 0.127 e. The van der Waals surface area contributed by atoms with Crippen LogP contribution in [0.4, 0.5) is 5.69 Å². The van der Waals surface area contributed by atoms with Crippen LogP contribution in [-0.2, 0) is 6.42 Å². The van der Waals surface area contributed by atoms with E-state index in [1.807, 2.05) is 12.1 Å². The molecule has 3 heteroatoms. The molecular formula is C18H24N2O. The molecule has 1 aromatic carbocycles. The molecule has 0 fully saturated rings. The van der Waals surface area contributed by atoms with Crippen molar-refractivity contribution in [3.05, 3.63) is 54.0 Å². The minimum absolute atomic E-state index is 0.0716. The van der Waals surface area contributed by atoms with E-state index in [1.54, 1.807) is 6.26 Å². The zero-order chi connectivity index (χ0) is 14.7. The first-order valence-electron chi connectivity index (χ1n) is 7.94. The number of nitrogens with zero attached hydrogens (tertiary/aromatic N) is 1. The number of hydrogen-bond donors (Lipinski definition) is 1. The van der Waals surface area contributed by atoms with Gasteiger partial charge in [-0.2, -0.15) is 0 Å². The largest absolute Gasteiger partial charge is 0.467 e. The van der Waals surface area contributed by atoms with Gasteiger partial charge in [0.1, 0.15) is 11.8 Å². The molecular weight excluding hydrogens is 260 g/mol. The van der Waals surface area contributed by atoms with Crippen LogP contribution < -0.4 is 10.6 Å². The summed E-state index contributed by atoms with van der Waals surface area (Å²) in [6.07, 6.45) is 6.26. The molecule has 1 aliphatic heterocycles. The quantitative estimate of drug-likeness (QED) is 0.926. The molecule has 2 unspecified atom stereocenters. The van der Waals surface area contributed by atoms with E-state index in [1.165, 1.54) is 24.1 Å². The summed E-state index contributed by atoms with van der Waals surface area (Å²) < 4.78 is 5.71. The highest BCUT2D eigenvalue weighted by Crippen LogP contribution is 2.35. The molecule has 0 saturated carbocycles. The van der Waals surface area contributed by atoms with Gasteiger partial charge in [-0.15, -0.1) is 0 Å². The van der Waals surface area contributed by atoms with E-state index in [9.17, 15) is 0 Å². The van der Waals surface area contributed by atoms with Crippen LogP contribution >= 0.6 is 0 Å². The number of para-hydroxylation sites is 1. The normalized spacial score (nSPS) is 17.9. The first-order valence-corrected chi connectivity index (χ1v) is 7.94. The first-order chi connectivity index (χ1) is 10.3. The number of aryl methyl sites for hydroxylation is 1. The monoisotopic (exact) mass is 284 g/mol. The van der Waals surface area contributed by atoms with Crippen molar-refractivity contribution in [3.63, 3.8) is 0 Å². The number of furan rings is 1. The molecule has 21 heavy (non-hydrogen) atoms. The highest BCUT2D eigenvalue weighted by molar-refractivity contribution is 5.56. The Hall–Kier alpha value is -1.74. The Morgan fingerprint density at radius 1 is 1.19 bits per heavy atom. The summed E-state index contributed by atoms with van der Waals surface area (Å²) in [6.45, 7) is 3.18. The van der Waals surface area contributed by atoms with Gasteiger partial charge in [0.25, 0.3) is 0 Å². The fourth-order valence-electron chi connectivity index (χ4n) is 3.29. The second-order valence-corrected chi connectivity index (χ2v) is 5.81. The lowest BCUT2D eigenvalue weighted by Crippen LogP contribution is -2.41. The van der Waals surface area contributed by atoms with Crippen molar-refractivity contribution in [1.82, 2.24) is 0 Å². The zero-order valence-corrected chi connectivity index (χ0v) is 12.7. The van der Waals surface area contributed by atoms with Crippen LogP contribution in [0.5, 0.6) is 0 Å². The van der Waals surface area contributed by atoms with Crippen LogP contribution in [0.1, 0.15) is 43.6 Å². The maximum atomic E-state index is 6.45. The number of rotatable bonds is 4. The molecule has 2 heterocycles. The topological polar surface area (TPSA) is 42.4 Å². The number of fused-ring (bicyclic) bond motifs is 1. The van der Waals surface area contributed by atoms with Crippen molar-refractivity contribution < 1.29 is 4.42 Å². The molecule has 0 amide bonds. The van der Waals surface area contributed by atoms with Gasteiger partial charge in [0.05, 0.1) is 6.26 Å². The van der Waals surface area contributed by atoms with Crippen LogP contribution in [0.2, 0.25) is 0 Å². The highest BCUT2D eigenvalue weighted by Gasteiger charge is 2.30. The molecule has 1 aromatic heterocycles. The summed E-state index contributed by atoms with van der Waals surface area (Å²) in [5, 5.41) is 0. The van der Waals surface area contributed by atoms with Crippen LogP contribution in [0, 0.1) is 0 Å². The number of hydrogen-bond acceptors (Lipinski definition) is 3. The van der Waals surface area contributed by atoms with Crippen molar-refractivity contribution >= 4 is 5.69 Å². The lowest BCUT2D eigenvalue weighted by Gasteiger charge is -2.36. The molecule has 0 radical (unpaired) electrons. The van der Waals surface area contributed by atoms with Gasteiger partial charge < -0.3 is 15.1 Å². The van der Waals surface area contributed by atoms with Crippen molar-refractivity contribution in [1.29, 1.82) is 0 Å². The average molecular weight is 284 g/mol. The fourth-order valence-corrected chi connectivity index (χ4v) is 3.29. The van der Waals surface area contributed by atoms with E-state index in [0.717, 1.165) is 25.1 Å². The third-order valence-corrected chi connectivity index (χ3v) is 4.44. The lowest BCUT2D eigenvalue weighted by molar-refractivity contribution is 0.394. The lowest BCUT2D eigenvalue weighted by atomic mass is 10.00. The Labute approximate surface area is 126 Å². The van der Waals surface area contributed by atoms with E-state index in [4.69, 9.17) is 10.2 Å². The van der Waals surface area contributed by atoms with Gasteiger partial charge in [-0.1, -0.05) is 25.1 Å². The summed E-state index contributed by atoms with van der Waals surface area (Å²) in [4.78, 5) is 2.45. The van der Waals surface area contributed by atoms with Gasteiger partial charge in [-0.3, -0.25) is 0 Å². The Bertz CT molecular complexity index is 564. The summed E-state index contributed by atoms with van der Waals surface area (Å²) in [5.74, 6) is 0.973. The summed E-state index contributed by atoms with van der Waals surface area (Å²) in [7, 11) is 0. The van der Waals surface area contributed by atoms with Crippen molar-refractivity contribution in [3.8, 4) is 0 Å². The standard InChI is InChI=1S/C18H24N2O/c1-2-15(19)18(17-11-7-13-21-17)20-12-6-5-9-14-8-3-4-10-16(14)20/h3-4,7-8,10-11,13,15,18H,2,5-6,9,12,19H2,1H3. The Kier molecular flexibility index (Phi) is 4.30. The molecule has 112 valence electrons. The number of anilines is 1. The highest BCUT2D eigenvalue weighted by atomic mass is 16.3. The maximum absolute atomic E-state index is 6.45. The Morgan fingerprint density at radius 3 is 2.81 bits per heavy atom. The second kappa shape index (κ2) is 6.35. The maximum Gasteiger partial charge on any atom is 0.127 e. The van der Waals surface area contributed by atoms with Crippen molar-refractivity contribution in [2.24, 2.45) is 5.73 Å². The van der Waals surface area contributed by atoms with Gasteiger partial charge in [0, 0.05) is 18.3 Å². The second-order valence-electron chi connectivity index (χ2n) is 5.81. The molecule has 0 aliphatic carbocycles. The molecule has 0 saturated heterocycles. The van der Waals surface area contributed by atoms with E-state index in [0.29, 0.717) is 0 Å². The van der Waals surface area contributed by atoms with Gasteiger partial charge in [-0.25, -0.2) is 0 Å². The van der Waals surface area contributed by atoms with Gasteiger partial charge >= 0.3 is 0 Å². The minimum Gasteiger partial charge on any atom is -0.467 e. The van der Waals surface area contributed by atoms with E-state index in [2.05, 4.69) is 36.1 Å². The summed E-state index contributed by atoms with van der Waals surface area (Å²) in [5.41, 5.74) is 9.19. The fraction of sp³-hybridized carbons (Fsp3) is 0.444. The third-order valence-electron chi connectivity index (χ3n) is 4.44. The van der Waals surface area contributed by atoms with E-state index < -0.39 is 0 Å². The van der Waals surface area contributed by atoms with Crippen LogP contribution in [0.3, 0.4) is 0 Å². The third kappa shape index (κ3) is 2.84. The number of nitrogens with two attached hydrogens (primary N) is 1. The zero-order valence-electron chi connectivity index (χ0n) is 12.7. The van der Waals surface area contributed by atoms with Gasteiger partial charge in [-0.05, 0) is 49.4 Å². The molecule has 3 nitrogen and oxygen atoms in total. The van der Waals surface area contributed by atoms with Crippen LogP contribution in [0.15, 0.2) is 47.1 Å². The van der Waals surface area contributed by atoms with E-state index in [-0.39, 0.29) is 12.1 Å². The SMILES string of the molecule is CCC(N)C(c1ccco1)N1CCCCc2ccccc21. The molecule has 0 bridgehead atoms. The minimum atomic E-state index is 0.0716. The Morgan fingerprint density at radius 2 is 2.05 bits per heavy atom. The van der Waals surface area contributed by atoms with Crippen molar-refractivity contribution in [2.75, 3.05) is 11.4 Å². The van der Waals surface area contributed by atoms with Crippen LogP contribution in [0.25, 0.3) is 0 Å². The first kappa shape index (κ1) is 14.2. The molecule has 3 rings (SSSR count). The van der Waals surface area contributed by atoms with Gasteiger partial charge in [0.15, 0.2) is 0 Å². The Balaban J connectivity index is 2.02.